The number of esters is 1. The van der Waals surface area contributed by atoms with Crippen molar-refractivity contribution in [2.24, 2.45) is 0 Å². The fourth-order valence-corrected chi connectivity index (χ4v) is 2.11. The summed E-state index contributed by atoms with van der Waals surface area (Å²) in [5.74, 6) is -0.456. The molecule has 1 aromatic heterocycles. The van der Waals surface area contributed by atoms with Gasteiger partial charge < -0.3 is 4.74 Å². The molecule has 0 saturated heterocycles. The summed E-state index contributed by atoms with van der Waals surface area (Å²) in [5.41, 5.74) is 0.492. The van der Waals surface area contributed by atoms with Gasteiger partial charge in [-0.15, -0.1) is 0 Å². The van der Waals surface area contributed by atoms with Crippen molar-refractivity contribution in [2.45, 2.75) is 26.7 Å². The number of halogens is 3. The van der Waals surface area contributed by atoms with Crippen LogP contribution in [0.4, 0.5) is 8.78 Å². The van der Waals surface area contributed by atoms with Crippen molar-refractivity contribution >= 4 is 28.6 Å². The molecule has 0 fully saturated rings. The van der Waals surface area contributed by atoms with E-state index in [4.69, 9.17) is 4.74 Å². The van der Waals surface area contributed by atoms with E-state index in [0.717, 1.165) is 0 Å². The fraction of sp³-hybridized carbons (Fsp3) is 0.455. The van der Waals surface area contributed by atoms with Crippen LogP contribution in [0.2, 0.25) is 0 Å². The average molecular weight is 355 g/mol. The molecule has 0 atom stereocenters. The van der Waals surface area contributed by atoms with Crippen LogP contribution in [0.15, 0.2) is 6.07 Å². The van der Waals surface area contributed by atoms with Crippen LogP contribution in [0.3, 0.4) is 0 Å². The average Bonchev–Trinajstić information content (AvgIpc) is 2.21. The normalized spacial score (nSPS) is 10.7. The third kappa shape index (κ3) is 3.86. The predicted molar refractivity (Wildman–Crippen MR) is 67.0 cm³/mol. The van der Waals surface area contributed by atoms with E-state index in [1.165, 1.54) is 0 Å². The van der Waals surface area contributed by atoms with Gasteiger partial charge in [-0.3, -0.25) is 4.79 Å². The SMILES string of the molecule is CCOC(=O)Cc1nc(C(F)F)c(C)cc1I. The Hall–Kier alpha value is -0.790. The number of pyridine rings is 1. The summed E-state index contributed by atoms with van der Waals surface area (Å²) in [6.07, 6.45) is -2.71. The van der Waals surface area contributed by atoms with Crippen molar-refractivity contribution in [1.29, 1.82) is 0 Å². The summed E-state index contributed by atoms with van der Waals surface area (Å²) in [6.45, 7) is 3.53. The standard InChI is InChI=1S/C11H12F2INO2/c1-3-17-9(16)5-8-7(14)4-6(2)10(15-8)11(12)13/h4,11H,3,5H2,1-2H3. The molecule has 0 unspecified atom stereocenters. The fourth-order valence-electron chi connectivity index (χ4n) is 1.33. The first-order chi connectivity index (χ1) is 7.95. The molecule has 0 aromatic carbocycles. The number of alkyl halides is 2. The van der Waals surface area contributed by atoms with E-state index in [1.54, 1.807) is 19.9 Å². The van der Waals surface area contributed by atoms with Gasteiger partial charge in [-0.2, -0.15) is 0 Å². The molecular formula is C11H12F2INO2. The first kappa shape index (κ1) is 14.3. The Labute approximate surface area is 112 Å². The van der Waals surface area contributed by atoms with Gasteiger partial charge in [-0.05, 0) is 48.1 Å². The van der Waals surface area contributed by atoms with Crippen LogP contribution >= 0.6 is 22.6 Å². The number of hydrogen-bond donors (Lipinski definition) is 0. The molecule has 0 aliphatic rings. The van der Waals surface area contributed by atoms with E-state index in [9.17, 15) is 13.6 Å². The topological polar surface area (TPSA) is 39.2 Å². The maximum atomic E-state index is 12.6. The molecule has 0 saturated carbocycles. The highest BCUT2D eigenvalue weighted by Gasteiger charge is 2.17. The summed E-state index contributed by atoms with van der Waals surface area (Å²) in [4.78, 5) is 15.1. The predicted octanol–water partition coefficient (Wildman–Crippen LogP) is 3.04. The van der Waals surface area contributed by atoms with E-state index in [0.29, 0.717) is 14.8 Å². The lowest BCUT2D eigenvalue weighted by atomic mass is 10.1. The van der Waals surface area contributed by atoms with E-state index in [-0.39, 0.29) is 18.7 Å². The Morgan fingerprint density at radius 1 is 1.59 bits per heavy atom. The van der Waals surface area contributed by atoms with Crippen LogP contribution in [0.1, 0.15) is 30.3 Å². The summed E-state index contributed by atoms with van der Waals surface area (Å²) in [5, 5.41) is 0. The Morgan fingerprint density at radius 2 is 2.24 bits per heavy atom. The van der Waals surface area contributed by atoms with E-state index < -0.39 is 12.4 Å². The molecule has 0 bridgehead atoms. The molecule has 1 rings (SSSR count). The number of aryl methyl sites for hydroxylation is 1. The zero-order valence-corrected chi connectivity index (χ0v) is 11.6. The van der Waals surface area contributed by atoms with Crippen molar-refractivity contribution in [3.05, 3.63) is 26.6 Å². The maximum Gasteiger partial charge on any atom is 0.311 e. The number of rotatable bonds is 4. The summed E-state index contributed by atoms with van der Waals surface area (Å²) in [7, 11) is 0. The molecule has 1 heterocycles. The smallest absolute Gasteiger partial charge is 0.311 e. The summed E-state index contributed by atoms with van der Waals surface area (Å²) >= 11 is 1.97. The van der Waals surface area contributed by atoms with E-state index in [2.05, 4.69) is 4.98 Å². The second-order valence-electron chi connectivity index (χ2n) is 3.40. The highest BCUT2D eigenvalue weighted by molar-refractivity contribution is 14.1. The third-order valence-corrected chi connectivity index (χ3v) is 3.04. The lowest BCUT2D eigenvalue weighted by molar-refractivity contribution is -0.142. The molecule has 17 heavy (non-hydrogen) atoms. The Balaban J connectivity index is 2.99. The van der Waals surface area contributed by atoms with Crippen molar-refractivity contribution < 1.29 is 18.3 Å². The van der Waals surface area contributed by atoms with E-state index >= 15 is 0 Å². The molecule has 1 aromatic rings. The first-order valence-electron chi connectivity index (χ1n) is 5.05. The molecule has 0 aliphatic heterocycles. The molecule has 6 heteroatoms. The number of carbonyl (C=O) groups is 1. The number of aromatic nitrogens is 1. The van der Waals surface area contributed by atoms with Crippen LogP contribution in [0.25, 0.3) is 0 Å². The number of hydrogen-bond acceptors (Lipinski definition) is 3. The largest absolute Gasteiger partial charge is 0.466 e. The van der Waals surface area contributed by atoms with E-state index in [1.807, 2.05) is 22.6 Å². The minimum atomic E-state index is -2.63. The van der Waals surface area contributed by atoms with Crippen LogP contribution < -0.4 is 0 Å². The van der Waals surface area contributed by atoms with Crippen LogP contribution in [-0.2, 0) is 16.0 Å². The van der Waals surface area contributed by atoms with Crippen LogP contribution in [-0.4, -0.2) is 17.6 Å². The third-order valence-electron chi connectivity index (χ3n) is 2.10. The zero-order valence-electron chi connectivity index (χ0n) is 9.47. The monoisotopic (exact) mass is 355 g/mol. The molecule has 3 nitrogen and oxygen atoms in total. The summed E-state index contributed by atoms with van der Waals surface area (Å²) < 4.78 is 30.7. The van der Waals surface area contributed by atoms with Gasteiger partial charge in [0.05, 0.1) is 18.7 Å². The zero-order chi connectivity index (χ0) is 13.0. The quantitative estimate of drug-likeness (QED) is 0.616. The second kappa shape index (κ2) is 6.23. The van der Waals surface area contributed by atoms with Gasteiger partial charge in [0.15, 0.2) is 0 Å². The maximum absolute atomic E-state index is 12.6. The van der Waals surface area contributed by atoms with Gasteiger partial charge in [-0.25, -0.2) is 13.8 Å². The van der Waals surface area contributed by atoms with Crippen molar-refractivity contribution in [3.8, 4) is 0 Å². The Bertz CT molecular complexity index is 424. The minimum Gasteiger partial charge on any atom is -0.466 e. The molecule has 0 N–H and O–H groups in total. The molecule has 0 spiro atoms. The van der Waals surface area contributed by atoms with Gasteiger partial charge >= 0.3 is 5.97 Å². The van der Waals surface area contributed by atoms with Crippen molar-refractivity contribution in [3.63, 3.8) is 0 Å². The molecule has 94 valence electrons. The summed E-state index contributed by atoms with van der Waals surface area (Å²) in [6, 6.07) is 1.60. The number of carbonyl (C=O) groups excluding carboxylic acids is 1. The highest BCUT2D eigenvalue weighted by Crippen LogP contribution is 2.24. The van der Waals surface area contributed by atoms with Gasteiger partial charge in [0.2, 0.25) is 0 Å². The van der Waals surface area contributed by atoms with Gasteiger partial charge in [0, 0.05) is 3.57 Å². The first-order valence-corrected chi connectivity index (χ1v) is 6.13. The molecule has 0 amide bonds. The van der Waals surface area contributed by atoms with Crippen molar-refractivity contribution in [2.75, 3.05) is 6.61 Å². The van der Waals surface area contributed by atoms with Gasteiger partial charge in [0.25, 0.3) is 6.43 Å². The molecule has 0 radical (unpaired) electrons. The van der Waals surface area contributed by atoms with Gasteiger partial charge in [-0.1, -0.05) is 0 Å². The Morgan fingerprint density at radius 3 is 2.76 bits per heavy atom. The van der Waals surface area contributed by atoms with Gasteiger partial charge in [0.1, 0.15) is 5.69 Å². The van der Waals surface area contributed by atoms with Crippen LogP contribution in [0, 0.1) is 10.5 Å². The lowest BCUT2D eigenvalue weighted by Gasteiger charge is -2.09. The second-order valence-corrected chi connectivity index (χ2v) is 4.56. The molecular weight excluding hydrogens is 343 g/mol. The number of nitrogens with zero attached hydrogens (tertiary/aromatic N) is 1. The highest BCUT2D eigenvalue weighted by atomic mass is 127. The van der Waals surface area contributed by atoms with Crippen LogP contribution in [0.5, 0.6) is 0 Å². The Kier molecular flexibility index (Phi) is 5.23. The van der Waals surface area contributed by atoms with Crippen molar-refractivity contribution in [1.82, 2.24) is 4.98 Å². The lowest BCUT2D eigenvalue weighted by Crippen LogP contribution is -2.12. The minimum absolute atomic E-state index is 0.0773. The number of ether oxygens (including phenoxy) is 1. The molecule has 0 aliphatic carbocycles.